The predicted molar refractivity (Wildman–Crippen MR) is 69.0 cm³/mol. The van der Waals surface area contributed by atoms with Crippen LogP contribution < -0.4 is 5.73 Å². The lowest BCUT2D eigenvalue weighted by molar-refractivity contribution is -0.137. The molecule has 21 heavy (non-hydrogen) atoms. The van der Waals surface area contributed by atoms with Gasteiger partial charge in [-0.05, 0) is 38.1 Å². The maximum absolute atomic E-state index is 14.1. The lowest BCUT2D eigenvalue weighted by Crippen LogP contribution is -2.44. The lowest BCUT2D eigenvalue weighted by atomic mass is 10.0. The number of nitrogens with zero attached hydrogens (tertiary/aromatic N) is 1. The van der Waals surface area contributed by atoms with Gasteiger partial charge in [0.1, 0.15) is 0 Å². The average Bonchev–Trinajstić information content (AvgIpc) is 2.40. The maximum Gasteiger partial charge on any atom is 0.416 e. The van der Waals surface area contributed by atoms with E-state index in [9.17, 15) is 22.0 Å². The van der Waals surface area contributed by atoms with Gasteiger partial charge in [-0.1, -0.05) is 12.1 Å². The fraction of sp³-hybridized carbons (Fsp3) is 0.571. The zero-order valence-electron chi connectivity index (χ0n) is 11.3. The molecule has 118 valence electrons. The molecule has 2 rings (SSSR count). The van der Waals surface area contributed by atoms with Crippen LogP contribution in [0.3, 0.4) is 0 Å². The standard InChI is InChI=1S/C14H17F5N2/c15-13(16,9-21-7-5-12(20)6-8-21)10-1-3-11(4-2-10)14(17,18)19/h1-4,12H,5-9,20H2. The lowest BCUT2D eigenvalue weighted by Gasteiger charge is -2.32. The Hall–Kier alpha value is -1.21. The molecule has 7 heteroatoms. The first-order chi connectivity index (χ1) is 9.68. The molecule has 0 aromatic heterocycles. The quantitative estimate of drug-likeness (QED) is 0.869. The SMILES string of the molecule is NC1CCN(CC(F)(F)c2ccc(C(F)(F)F)cc2)CC1. The van der Waals surface area contributed by atoms with Gasteiger partial charge in [0.15, 0.2) is 0 Å². The molecule has 1 saturated heterocycles. The number of rotatable bonds is 3. The Morgan fingerprint density at radius 3 is 1.90 bits per heavy atom. The van der Waals surface area contributed by atoms with Crippen LogP contribution in [0.25, 0.3) is 0 Å². The van der Waals surface area contributed by atoms with Crippen LogP contribution in [0.2, 0.25) is 0 Å². The molecule has 1 aromatic rings. The Kier molecular flexibility index (Phi) is 4.53. The number of likely N-dealkylation sites (tertiary alicyclic amines) is 1. The molecule has 1 fully saturated rings. The molecule has 0 spiro atoms. The second-order valence-electron chi connectivity index (χ2n) is 5.39. The maximum atomic E-state index is 14.1. The largest absolute Gasteiger partial charge is 0.416 e. The van der Waals surface area contributed by atoms with Crippen molar-refractivity contribution in [2.45, 2.75) is 31.0 Å². The molecule has 1 aliphatic rings. The molecule has 2 N–H and O–H groups in total. The zero-order chi connectivity index (χ0) is 15.7. The van der Waals surface area contributed by atoms with Gasteiger partial charge in [0.2, 0.25) is 0 Å². The van der Waals surface area contributed by atoms with Gasteiger partial charge in [-0.2, -0.15) is 22.0 Å². The summed E-state index contributed by atoms with van der Waals surface area (Å²) in [6, 6.07) is 3.11. The molecular formula is C14H17F5N2. The summed E-state index contributed by atoms with van der Waals surface area (Å²) in [6.07, 6.45) is -3.21. The molecule has 0 radical (unpaired) electrons. The zero-order valence-corrected chi connectivity index (χ0v) is 11.3. The van der Waals surface area contributed by atoms with Crippen LogP contribution in [0.4, 0.5) is 22.0 Å². The minimum absolute atomic E-state index is 0.0425. The van der Waals surface area contributed by atoms with Gasteiger partial charge in [-0.15, -0.1) is 0 Å². The number of piperidine rings is 1. The third-order valence-electron chi connectivity index (χ3n) is 3.69. The predicted octanol–water partition coefficient (Wildman–Crippen LogP) is 3.22. The van der Waals surface area contributed by atoms with E-state index in [1.807, 2.05) is 0 Å². The Morgan fingerprint density at radius 1 is 0.952 bits per heavy atom. The molecule has 2 nitrogen and oxygen atoms in total. The van der Waals surface area contributed by atoms with E-state index in [1.165, 1.54) is 0 Å². The van der Waals surface area contributed by atoms with Crippen molar-refractivity contribution in [2.24, 2.45) is 5.73 Å². The first-order valence-corrected chi connectivity index (χ1v) is 6.72. The highest BCUT2D eigenvalue weighted by molar-refractivity contribution is 5.27. The van der Waals surface area contributed by atoms with Gasteiger partial charge in [0, 0.05) is 11.6 Å². The van der Waals surface area contributed by atoms with E-state index in [-0.39, 0.29) is 6.04 Å². The first kappa shape index (κ1) is 16.2. The van der Waals surface area contributed by atoms with Crippen molar-refractivity contribution < 1.29 is 22.0 Å². The Balaban J connectivity index is 2.05. The number of benzene rings is 1. The Morgan fingerprint density at radius 2 is 1.43 bits per heavy atom. The third-order valence-corrected chi connectivity index (χ3v) is 3.69. The highest BCUT2D eigenvalue weighted by Gasteiger charge is 2.36. The number of hydrogen-bond donors (Lipinski definition) is 1. The summed E-state index contributed by atoms with van der Waals surface area (Å²) in [7, 11) is 0. The highest BCUT2D eigenvalue weighted by Crippen LogP contribution is 2.34. The summed E-state index contributed by atoms with van der Waals surface area (Å²) in [6.45, 7) is 0.472. The van der Waals surface area contributed by atoms with E-state index in [1.54, 1.807) is 4.90 Å². The van der Waals surface area contributed by atoms with Crippen LogP contribution in [0.5, 0.6) is 0 Å². The molecule has 1 aliphatic heterocycles. The molecule has 1 aromatic carbocycles. The molecule has 0 unspecified atom stereocenters. The number of halogens is 5. The van der Waals surface area contributed by atoms with Gasteiger partial charge in [-0.25, -0.2) is 0 Å². The van der Waals surface area contributed by atoms with Crippen molar-refractivity contribution in [1.82, 2.24) is 4.90 Å². The fourth-order valence-corrected chi connectivity index (χ4v) is 2.39. The smallest absolute Gasteiger partial charge is 0.328 e. The topological polar surface area (TPSA) is 29.3 Å². The second kappa shape index (κ2) is 5.88. The summed E-state index contributed by atoms with van der Waals surface area (Å²) in [5.41, 5.74) is 4.39. The van der Waals surface area contributed by atoms with Gasteiger partial charge in [0.25, 0.3) is 5.92 Å². The van der Waals surface area contributed by atoms with E-state index >= 15 is 0 Å². The van der Waals surface area contributed by atoms with Gasteiger partial charge in [0.05, 0.1) is 12.1 Å². The summed E-state index contributed by atoms with van der Waals surface area (Å²) >= 11 is 0. The number of nitrogens with two attached hydrogens (primary N) is 1. The molecule has 1 heterocycles. The Labute approximate surface area is 119 Å². The first-order valence-electron chi connectivity index (χ1n) is 6.72. The van der Waals surface area contributed by atoms with Crippen molar-refractivity contribution >= 4 is 0 Å². The summed E-state index contributed by atoms with van der Waals surface area (Å²) in [5.74, 6) is -3.18. The summed E-state index contributed by atoms with van der Waals surface area (Å²) in [5, 5.41) is 0. The van der Waals surface area contributed by atoms with E-state index in [0.717, 1.165) is 12.1 Å². The molecule has 0 saturated carbocycles. The van der Waals surface area contributed by atoms with Crippen molar-refractivity contribution in [3.63, 3.8) is 0 Å². The molecule has 0 aliphatic carbocycles. The fourth-order valence-electron chi connectivity index (χ4n) is 2.39. The van der Waals surface area contributed by atoms with Crippen LogP contribution in [0.1, 0.15) is 24.0 Å². The monoisotopic (exact) mass is 308 g/mol. The van der Waals surface area contributed by atoms with Crippen LogP contribution in [-0.4, -0.2) is 30.6 Å². The summed E-state index contributed by atoms with van der Waals surface area (Å²) < 4.78 is 65.5. The van der Waals surface area contributed by atoms with E-state index in [0.29, 0.717) is 38.1 Å². The van der Waals surface area contributed by atoms with Gasteiger partial charge in [-0.3, -0.25) is 4.90 Å². The molecule has 0 bridgehead atoms. The number of hydrogen-bond acceptors (Lipinski definition) is 2. The third kappa shape index (κ3) is 4.14. The Bertz CT molecular complexity index is 461. The van der Waals surface area contributed by atoms with Crippen LogP contribution >= 0.6 is 0 Å². The second-order valence-corrected chi connectivity index (χ2v) is 5.39. The van der Waals surface area contributed by atoms with E-state index in [4.69, 9.17) is 5.73 Å². The van der Waals surface area contributed by atoms with Gasteiger partial charge < -0.3 is 5.73 Å². The van der Waals surface area contributed by atoms with E-state index < -0.39 is 29.8 Å². The van der Waals surface area contributed by atoms with Crippen molar-refractivity contribution in [3.05, 3.63) is 35.4 Å². The average molecular weight is 308 g/mol. The minimum atomic E-state index is -4.52. The van der Waals surface area contributed by atoms with Crippen LogP contribution in [0, 0.1) is 0 Å². The number of alkyl halides is 5. The highest BCUT2D eigenvalue weighted by atomic mass is 19.4. The molecule has 0 atom stereocenters. The van der Waals surface area contributed by atoms with Crippen molar-refractivity contribution in [1.29, 1.82) is 0 Å². The van der Waals surface area contributed by atoms with Crippen LogP contribution in [-0.2, 0) is 12.1 Å². The van der Waals surface area contributed by atoms with Crippen molar-refractivity contribution in [2.75, 3.05) is 19.6 Å². The van der Waals surface area contributed by atoms with E-state index in [2.05, 4.69) is 0 Å². The van der Waals surface area contributed by atoms with Crippen LogP contribution in [0.15, 0.2) is 24.3 Å². The molecular weight excluding hydrogens is 291 g/mol. The normalized spacial score (nSPS) is 19.0. The van der Waals surface area contributed by atoms with Crippen molar-refractivity contribution in [3.8, 4) is 0 Å². The molecule has 0 amide bonds. The minimum Gasteiger partial charge on any atom is -0.328 e. The summed E-state index contributed by atoms with van der Waals surface area (Å²) in [4.78, 5) is 1.60. The van der Waals surface area contributed by atoms with Gasteiger partial charge >= 0.3 is 6.18 Å².